The quantitative estimate of drug-likeness (QED) is 0.223. The molecule has 0 heterocycles. The lowest BCUT2D eigenvalue weighted by molar-refractivity contribution is -0.384. The van der Waals surface area contributed by atoms with Crippen molar-refractivity contribution in [2.45, 2.75) is 26.4 Å². The largest absolute Gasteiger partial charge is 0.494 e. The first-order chi connectivity index (χ1) is 12.5. The van der Waals surface area contributed by atoms with Gasteiger partial charge in [-0.15, -0.1) is 0 Å². The van der Waals surface area contributed by atoms with E-state index >= 15 is 0 Å². The second-order valence-electron chi connectivity index (χ2n) is 5.62. The number of nitro benzene ring substituents is 1. The summed E-state index contributed by atoms with van der Waals surface area (Å²) < 4.78 is 10.6. The Kier molecular flexibility index (Phi) is 6.84. The first-order valence-electron chi connectivity index (χ1n) is 8.08. The average molecular weight is 357 g/mol. The number of benzene rings is 2. The summed E-state index contributed by atoms with van der Waals surface area (Å²) in [5.74, 6) is 0.125. The third-order valence-corrected chi connectivity index (χ3v) is 3.56. The summed E-state index contributed by atoms with van der Waals surface area (Å²) in [6.07, 6.45) is 0.624. The molecule has 0 N–H and O–H groups in total. The molecule has 2 aromatic rings. The van der Waals surface area contributed by atoms with Crippen molar-refractivity contribution in [1.82, 2.24) is 0 Å². The standard InChI is InChI=1S/C19H19NO6/c1-14(21)16-6-3-8-18(12-16)25-10-4-9-19(22)26-13-15-5-2-7-17(11-15)20(23)24/h2-3,5-8,11-12H,4,9-10,13H2,1H3. The SMILES string of the molecule is CC(=O)c1cccc(OCCCC(=O)OCc2cccc([N+](=O)[O-])c2)c1. The third kappa shape index (κ3) is 6.01. The lowest BCUT2D eigenvalue weighted by Crippen LogP contribution is -2.07. The maximum Gasteiger partial charge on any atom is 0.306 e. The molecule has 136 valence electrons. The van der Waals surface area contributed by atoms with Crippen LogP contribution in [-0.2, 0) is 16.1 Å². The van der Waals surface area contributed by atoms with E-state index in [9.17, 15) is 19.7 Å². The Balaban J connectivity index is 1.71. The number of hydrogen-bond acceptors (Lipinski definition) is 6. The lowest BCUT2D eigenvalue weighted by Gasteiger charge is -2.08. The molecule has 7 heteroatoms. The highest BCUT2D eigenvalue weighted by Gasteiger charge is 2.08. The average Bonchev–Trinajstić information content (AvgIpc) is 2.64. The van der Waals surface area contributed by atoms with Gasteiger partial charge in [0, 0.05) is 24.1 Å². The fraction of sp³-hybridized carbons (Fsp3) is 0.263. The summed E-state index contributed by atoms with van der Waals surface area (Å²) in [5.41, 5.74) is 1.09. The van der Waals surface area contributed by atoms with Crippen LogP contribution in [-0.4, -0.2) is 23.3 Å². The molecule has 0 atom stereocenters. The molecular formula is C19H19NO6. The van der Waals surface area contributed by atoms with Crippen molar-refractivity contribution in [3.63, 3.8) is 0 Å². The predicted octanol–water partition coefficient (Wildman–Crippen LogP) is 3.70. The van der Waals surface area contributed by atoms with Gasteiger partial charge >= 0.3 is 5.97 Å². The molecule has 2 aromatic carbocycles. The first kappa shape index (κ1) is 19.1. The van der Waals surface area contributed by atoms with Crippen LogP contribution in [0.25, 0.3) is 0 Å². The van der Waals surface area contributed by atoms with E-state index in [0.29, 0.717) is 29.9 Å². The number of rotatable bonds is 9. The molecule has 0 amide bonds. The molecule has 0 saturated carbocycles. The fourth-order valence-electron chi connectivity index (χ4n) is 2.21. The zero-order chi connectivity index (χ0) is 18.9. The van der Waals surface area contributed by atoms with Gasteiger partial charge in [0.1, 0.15) is 12.4 Å². The zero-order valence-corrected chi connectivity index (χ0v) is 14.3. The van der Waals surface area contributed by atoms with E-state index in [2.05, 4.69) is 0 Å². The van der Waals surface area contributed by atoms with E-state index in [1.165, 1.54) is 19.1 Å². The Bertz CT molecular complexity index is 802. The van der Waals surface area contributed by atoms with Crippen molar-refractivity contribution in [1.29, 1.82) is 0 Å². The van der Waals surface area contributed by atoms with E-state index in [0.717, 1.165) is 0 Å². The third-order valence-electron chi connectivity index (χ3n) is 3.56. The van der Waals surface area contributed by atoms with Crippen molar-refractivity contribution >= 4 is 17.4 Å². The number of hydrogen-bond donors (Lipinski definition) is 0. The topological polar surface area (TPSA) is 95.7 Å². The van der Waals surface area contributed by atoms with E-state index in [1.54, 1.807) is 36.4 Å². The number of ketones is 1. The predicted molar refractivity (Wildman–Crippen MR) is 94.1 cm³/mol. The number of Topliss-reactive ketones (excluding diaryl/α,β-unsaturated/α-hetero) is 1. The molecule has 2 rings (SSSR count). The van der Waals surface area contributed by atoms with Crippen molar-refractivity contribution in [2.75, 3.05) is 6.61 Å². The van der Waals surface area contributed by atoms with Gasteiger partial charge in [0.05, 0.1) is 11.5 Å². The van der Waals surface area contributed by atoms with Crippen LogP contribution in [0, 0.1) is 10.1 Å². The molecule has 0 fully saturated rings. The van der Waals surface area contributed by atoms with E-state index in [4.69, 9.17) is 9.47 Å². The summed E-state index contributed by atoms with van der Waals surface area (Å²) in [7, 11) is 0. The highest BCUT2D eigenvalue weighted by molar-refractivity contribution is 5.94. The van der Waals surface area contributed by atoms with Crippen LogP contribution < -0.4 is 4.74 Å². The van der Waals surface area contributed by atoms with Crippen molar-refractivity contribution in [2.24, 2.45) is 0 Å². The molecule has 0 aliphatic rings. The number of carbonyl (C=O) groups excluding carboxylic acids is 2. The summed E-state index contributed by atoms with van der Waals surface area (Å²) in [6.45, 7) is 1.78. The normalized spacial score (nSPS) is 10.2. The summed E-state index contributed by atoms with van der Waals surface area (Å²) >= 11 is 0. The summed E-state index contributed by atoms with van der Waals surface area (Å²) in [6, 6.07) is 12.8. The minimum absolute atomic E-state index is 0.0119. The van der Waals surface area contributed by atoms with E-state index in [-0.39, 0.29) is 24.5 Å². The minimum atomic E-state index is -0.496. The van der Waals surface area contributed by atoms with Crippen LogP contribution in [0.15, 0.2) is 48.5 Å². The Morgan fingerprint density at radius 3 is 2.62 bits per heavy atom. The Morgan fingerprint density at radius 1 is 1.12 bits per heavy atom. The minimum Gasteiger partial charge on any atom is -0.494 e. The van der Waals surface area contributed by atoms with Gasteiger partial charge in [-0.05, 0) is 31.0 Å². The number of non-ortho nitro benzene ring substituents is 1. The van der Waals surface area contributed by atoms with Gasteiger partial charge in [-0.2, -0.15) is 0 Å². The zero-order valence-electron chi connectivity index (χ0n) is 14.3. The van der Waals surface area contributed by atoms with Crippen molar-refractivity contribution in [3.8, 4) is 5.75 Å². The van der Waals surface area contributed by atoms with Gasteiger partial charge < -0.3 is 9.47 Å². The smallest absolute Gasteiger partial charge is 0.306 e. The maximum absolute atomic E-state index is 11.7. The van der Waals surface area contributed by atoms with Crippen molar-refractivity contribution in [3.05, 3.63) is 69.8 Å². The highest BCUT2D eigenvalue weighted by Crippen LogP contribution is 2.15. The van der Waals surface area contributed by atoms with Gasteiger partial charge in [0.2, 0.25) is 0 Å². The molecular weight excluding hydrogens is 338 g/mol. The highest BCUT2D eigenvalue weighted by atomic mass is 16.6. The monoisotopic (exact) mass is 357 g/mol. The summed E-state index contributed by atoms with van der Waals surface area (Å²) in [5, 5.41) is 10.7. The number of nitrogens with zero attached hydrogens (tertiary/aromatic N) is 1. The molecule has 0 bridgehead atoms. The second kappa shape index (κ2) is 9.31. The van der Waals surface area contributed by atoms with Crippen LogP contribution in [0.2, 0.25) is 0 Å². The molecule has 0 aromatic heterocycles. The lowest BCUT2D eigenvalue weighted by atomic mass is 10.1. The molecule has 0 aliphatic heterocycles. The molecule has 0 spiro atoms. The molecule has 7 nitrogen and oxygen atoms in total. The molecule has 0 saturated heterocycles. The fourth-order valence-corrected chi connectivity index (χ4v) is 2.21. The van der Waals surface area contributed by atoms with E-state index in [1.807, 2.05) is 0 Å². The maximum atomic E-state index is 11.7. The first-order valence-corrected chi connectivity index (χ1v) is 8.08. The van der Waals surface area contributed by atoms with Gasteiger partial charge in [-0.25, -0.2) is 0 Å². The molecule has 0 aliphatic carbocycles. The van der Waals surface area contributed by atoms with Gasteiger partial charge in [-0.3, -0.25) is 19.7 Å². The van der Waals surface area contributed by atoms with Crippen LogP contribution in [0.5, 0.6) is 5.75 Å². The van der Waals surface area contributed by atoms with Crippen LogP contribution in [0.1, 0.15) is 35.7 Å². The number of nitro groups is 1. The van der Waals surface area contributed by atoms with Crippen molar-refractivity contribution < 1.29 is 24.0 Å². The number of ether oxygens (including phenoxy) is 2. The molecule has 0 radical (unpaired) electrons. The Labute approximate surface area is 150 Å². The molecule has 26 heavy (non-hydrogen) atoms. The number of esters is 1. The van der Waals surface area contributed by atoms with Gasteiger partial charge in [0.25, 0.3) is 5.69 Å². The molecule has 0 unspecified atom stereocenters. The van der Waals surface area contributed by atoms with Crippen LogP contribution >= 0.6 is 0 Å². The van der Waals surface area contributed by atoms with Gasteiger partial charge in [0.15, 0.2) is 5.78 Å². The number of carbonyl (C=O) groups is 2. The van der Waals surface area contributed by atoms with Gasteiger partial charge in [-0.1, -0.05) is 24.3 Å². The Hall–Kier alpha value is -3.22. The van der Waals surface area contributed by atoms with Crippen LogP contribution in [0.3, 0.4) is 0 Å². The second-order valence-corrected chi connectivity index (χ2v) is 5.62. The van der Waals surface area contributed by atoms with Crippen LogP contribution in [0.4, 0.5) is 5.69 Å². The summed E-state index contributed by atoms with van der Waals surface area (Å²) in [4.78, 5) is 33.3. The van der Waals surface area contributed by atoms with E-state index < -0.39 is 10.9 Å². The Morgan fingerprint density at radius 2 is 1.88 bits per heavy atom.